The zero-order valence-corrected chi connectivity index (χ0v) is 14.5. The number of nitrogens with one attached hydrogen (secondary N) is 1. The van der Waals surface area contributed by atoms with Gasteiger partial charge in [0.15, 0.2) is 5.13 Å². The average Bonchev–Trinajstić information content (AvgIpc) is 2.89. The number of aryl methyl sites for hydroxylation is 1. The number of benzene rings is 1. The van der Waals surface area contributed by atoms with E-state index in [0.717, 1.165) is 40.1 Å². The Morgan fingerprint density at radius 1 is 1.45 bits per heavy atom. The minimum Gasteiger partial charge on any atom is -0.298 e. The van der Waals surface area contributed by atoms with Crippen LogP contribution in [0.1, 0.15) is 41.2 Å². The molecule has 0 unspecified atom stereocenters. The minimum atomic E-state index is -0.0595. The summed E-state index contributed by atoms with van der Waals surface area (Å²) in [6, 6.07) is 7.75. The number of aromatic nitrogens is 1. The molecule has 22 heavy (non-hydrogen) atoms. The van der Waals surface area contributed by atoms with Crippen LogP contribution in [0, 0.1) is 5.92 Å². The lowest BCUT2D eigenvalue weighted by Crippen LogP contribution is -2.13. The van der Waals surface area contributed by atoms with Crippen LogP contribution in [0.3, 0.4) is 0 Å². The maximum absolute atomic E-state index is 12.5. The number of fused-ring (bicyclic) bond motifs is 1. The first kappa shape index (κ1) is 15.6. The lowest BCUT2D eigenvalue weighted by atomic mass is 9.93. The first-order valence-corrected chi connectivity index (χ1v) is 9.49. The van der Waals surface area contributed by atoms with Gasteiger partial charge < -0.3 is 0 Å². The van der Waals surface area contributed by atoms with E-state index in [4.69, 9.17) is 0 Å². The molecular weight excluding hydrogens is 312 g/mol. The summed E-state index contributed by atoms with van der Waals surface area (Å²) in [5.74, 6) is 1.61. The maximum atomic E-state index is 12.5. The number of amides is 1. The van der Waals surface area contributed by atoms with Crippen LogP contribution in [0.15, 0.2) is 29.2 Å². The number of nitrogens with zero attached hydrogens (tertiary/aromatic N) is 1. The van der Waals surface area contributed by atoms with E-state index in [9.17, 15) is 4.79 Å². The van der Waals surface area contributed by atoms with Gasteiger partial charge in [0.1, 0.15) is 0 Å². The van der Waals surface area contributed by atoms with E-state index in [1.807, 2.05) is 24.3 Å². The Morgan fingerprint density at radius 2 is 2.27 bits per heavy atom. The number of anilines is 1. The SMILES string of the molecule is CCSc1ccccc1C(=O)Nc1nc2c(s1)C[C@@H](C)CC2. The molecule has 0 radical (unpaired) electrons. The third-order valence-corrected chi connectivity index (χ3v) is 5.83. The Labute approximate surface area is 139 Å². The third-order valence-electron chi connectivity index (χ3n) is 3.84. The van der Waals surface area contributed by atoms with Gasteiger partial charge >= 0.3 is 0 Å². The van der Waals surface area contributed by atoms with Gasteiger partial charge in [0.05, 0.1) is 11.3 Å². The summed E-state index contributed by atoms with van der Waals surface area (Å²) < 4.78 is 0. The monoisotopic (exact) mass is 332 g/mol. The fraction of sp³-hybridized carbons (Fsp3) is 0.412. The lowest BCUT2D eigenvalue weighted by molar-refractivity contribution is 0.102. The van der Waals surface area contributed by atoms with Gasteiger partial charge in [-0.05, 0) is 43.1 Å². The molecule has 3 rings (SSSR count). The van der Waals surface area contributed by atoms with Crippen molar-refractivity contribution in [3.8, 4) is 0 Å². The summed E-state index contributed by atoms with van der Waals surface area (Å²) in [6.45, 7) is 4.37. The molecule has 1 amide bonds. The van der Waals surface area contributed by atoms with Crippen molar-refractivity contribution in [2.75, 3.05) is 11.1 Å². The van der Waals surface area contributed by atoms with E-state index in [1.54, 1.807) is 23.1 Å². The molecule has 0 saturated heterocycles. The zero-order chi connectivity index (χ0) is 15.5. The molecule has 1 aromatic carbocycles. The van der Waals surface area contributed by atoms with E-state index in [2.05, 4.69) is 24.1 Å². The van der Waals surface area contributed by atoms with Gasteiger partial charge in [-0.25, -0.2) is 4.98 Å². The predicted octanol–water partition coefficient (Wildman–Crippen LogP) is 4.63. The van der Waals surface area contributed by atoms with E-state index in [-0.39, 0.29) is 5.91 Å². The molecule has 3 nitrogen and oxygen atoms in total. The van der Waals surface area contributed by atoms with Crippen molar-refractivity contribution in [2.45, 2.75) is 38.0 Å². The van der Waals surface area contributed by atoms with Gasteiger partial charge in [0, 0.05) is 9.77 Å². The van der Waals surface area contributed by atoms with Crippen molar-refractivity contribution in [3.63, 3.8) is 0 Å². The van der Waals surface area contributed by atoms with Gasteiger partial charge in [-0.15, -0.1) is 23.1 Å². The van der Waals surface area contributed by atoms with Gasteiger partial charge in [-0.3, -0.25) is 10.1 Å². The molecule has 5 heteroatoms. The molecule has 1 aliphatic carbocycles. The molecule has 1 aromatic heterocycles. The molecular formula is C17H20N2OS2. The van der Waals surface area contributed by atoms with Crippen LogP contribution in [-0.4, -0.2) is 16.6 Å². The van der Waals surface area contributed by atoms with Crippen molar-refractivity contribution in [3.05, 3.63) is 40.4 Å². The fourth-order valence-corrected chi connectivity index (χ4v) is 4.66. The zero-order valence-electron chi connectivity index (χ0n) is 12.9. The summed E-state index contributed by atoms with van der Waals surface area (Å²) in [5.41, 5.74) is 1.91. The van der Waals surface area contributed by atoms with Crippen LogP contribution in [0.2, 0.25) is 0 Å². The van der Waals surface area contributed by atoms with Crippen LogP contribution in [-0.2, 0) is 12.8 Å². The Bertz CT molecular complexity index is 681. The van der Waals surface area contributed by atoms with Crippen molar-refractivity contribution >= 4 is 34.1 Å². The predicted molar refractivity (Wildman–Crippen MR) is 94.1 cm³/mol. The fourth-order valence-electron chi connectivity index (χ4n) is 2.69. The number of thioether (sulfide) groups is 1. The van der Waals surface area contributed by atoms with Gasteiger partial charge in [-0.1, -0.05) is 26.0 Å². The summed E-state index contributed by atoms with van der Waals surface area (Å²) in [4.78, 5) is 19.5. The molecule has 0 aliphatic heterocycles. The molecule has 1 N–H and O–H groups in total. The minimum absolute atomic E-state index is 0.0595. The number of thiazole rings is 1. The first-order chi connectivity index (χ1) is 10.7. The van der Waals surface area contributed by atoms with Crippen LogP contribution < -0.4 is 5.32 Å². The van der Waals surface area contributed by atoms with Crippen LogP contribution in [0.5, 0.6) is 0 Å². The Hall–Kier alpha value is -1.33. The van der Waals surface area contributed by atoms with Crippen LogP contribution >= 0.6 is 23.1 Å². The van der Waals surface area contributed by atoms with Gasteiger partial charge in [-0.2, -0.15) is 0 Å². The molecule has 0 fully saturated rings. The summed E-state index contributed by atoms with van der Waals surface area (Å²) in [7, 11) is 0. The van der Waals surface area contributed by atoms with Gasteiger partial charge in [0.2, 0.25) is 0 Å². The summed E-state index contributed by atoms with van der Waals surface area (Å²) in [5, 5.41) is 3.72. The number of hydrogen-bond donors (Lipinski definition) is 1. The first-order valence-electron chi connectivity index (χ1n) is 7.69. The van der Waals surface area contributed by atoms with Crippen LogP contribution in [0.25, 0.3) is 0 Å². The Kier molecular flexibility index (Phi) is 4.84. The Morgan fingerprint density at radius 3 is 3.09 bits per heavy atom. The second kappa shape index (κ2) is 6.84. The third kappa shape index (κ3) is 3.36. The van der Waals surface area contributed by atoms with E-state index >= 15 is 0 Å². The highest BCUT2D eigenvalue weighted by atomic mass is 32.2. The van der Waals surface area contributed by atoms with Gasteiger partial charge in [0.25, 0.3) is 5.91 Å². The molecule has 2 aromatic rings. The van der Waals surface area contributed by atoms with Crippen molar-refractivity contribution in [2.24, 2.45) is 5.92 Å². The molecule has 0 spiro atoms. The highest BCUT2D eigenvalue weighted by Crippen LogP contribution is 2.32. The second-order valence-electron chi connectivity index (χ2n) is 5.62. The molecule has 1 heterocycles. The van der Waals surface area contributed by atoms with Crippen LogP contribution in [0.4, 0.5) is 5.13 Å². The average molecular weight is 332 g/mol. The molecule has 116 valence electrons. The molecule has 1 atom stereocenters. The largest absolute Gasteiger partial charge is 0.298 e. The highest BCUT2D eigenvalue weighted by Gasteiger charge is 2.21. The standard InChI is InChI=1S/C17H20N2OS2/c1-3-21-14-7-5-4-6-12(14)16(20)19-17-18-13-9-8-11(2)10-15(13)22-17/h4-7,11H,3,8-10H2,1-2H3,(H,18,19,20)/t11-/m0/s1. The van der Waals surface area contributed by atoms with Crippen molar-refractivity contribution in [1.82, 2.24) is 4.98 Å². The molecule has 0 saturated carbocycles. The van der Waals surface area contributed by atoms with E-state index < -0.39 is 0 Å². The number of carbonyl (C=O) groups is 1. The summed E-state index contributed by atoms with van der Waals surface area (Å²) >= 11 is 3.32. The topological polar surface area (TPSA) is 42.0 Å². The highest BCUT2D eigenvalue weighted by molar-refractivity contribution is 7.99. The smallest absolute Gasteiger partial charge is 0.258 e. The molecule has 0 bridgehead atoms. The van der Waals surface area contributed by atoms with E-state index in [0.29, 0.717) is 0 Å². The summed E-state index contributed by atoms with van der Waals surface area (Å²) in [6.07, 6.45) is 3.32. The Balaban J connectivity index is 1.77. The molecule has 1 aliphatic rings. The number of carbonyl (C=O) groups excluding carboxylic acids is 1. The van der Waals surface area contributed by atoms with Crippen molar-refractivity contribution < 1.29 is 4.79 Å². The normalized spacial score (nSPS) is 17.1. The van der Waals surface area contributed by atoms with E-state index in [1.165, 1.54) is 17.0 Å². The van der Waals surface area contributed by atoms with Crippen molar-refractivity contribution in [1.29, 1.82) is 0 Å². The number of rotatable bonds is 4. The number of hydrogen-bond acceptors (Lipinski definition) is 4. The maximum Gasteiger partial charge on any atom is 0.258 e. The quantitative estimate of drug-likeness (QED) is 0.830. The lowest BCUT2D eigenvalue weighted by Gasteiger charge is -2.15. The second-order valence-corrected chi connectivity index (χ2v) is 8.01.